The van der Waals surface area contributed by atoms with Gasteiger partial charge in [-0.05, 0) is 12.1 Å². The molecule has 0 amide bonds. The molecule has 86 valence electrons. The first-order chi connectivity index (χ1) is 7.23. The Morgan fingerprint density at radius 3 is 2.25 bits per heavy atom. The minimum Gasteiger partial charge on any atom is -0.478 e. The molecule has 0 aliphatic rings. The quantitative estimate of drug-likeness (QED) is 0.631. The highest BCUT2D eigenvalue weighted by atomic mass is 19.4. The molecule has 0 bridgehead atoms. The first kappa shape index (κ1) is 12.2. The van der Waals surface area contributed by atoms with Crippen LogP contribution in [0, 0.1) is 5.82 Å². The van der Waals surface area contributed by atoms with Gasteiger partial charge in [-0.1, -0.05) is 12.6 Å². The van der Waals surface area contributed by atoms with Crippen molar-refractivity contribution in [2.75, 3.05) is 0 Å². The minimum atomic E-state index is -4.66. The van der Waals surface area contributed by atoms with Crippen LogP contribution in [0.5, 0.6) is 0 Å². The summed E-state index contributed by atoms with van der Waals surface area (Å²) in [5, 5.41) is 8.50. The van der Waals surface area contributed by atoms with Gasteiger partial charge >= 0.3 is 12.1 Å². The van der Waals surface area contributed by atoms with Crippen molar-refractivity contribution < 1.29 is 27.5 Å². The van der Waals surface area contributed by atoms with Crippen molar-refractivity contribution in [3.8, 4) is 0 Å². The van der Waals surface area contributed by atoms with Crippen LogP contribution < -0.4 is 0 Å². The van der Waals surface area contributed by atoms with E-state index < -0.39 is 34.7 Å². The molecule has 1 rings (SSSR count). The molecule has 0 aromatic heterocycles. The van der Waals surface area contributed by atoms with Gasteiger partial charge in [0, 0.05) is 5.56 Å². The molecule has 0 atom stereocenters. The van der Waals surface area contributed by atoms with Crippen LogP contribution in [0.25, 0.3) is 5.57 Å². The summed E-state index contributed by atoms with van der Waals surface area (Å²) in [6, 6.07) is 1.59. The number of carboxylic acid groups (broad SMARTS) is 1. The van der Waals surface area contributed by atoms with E-state index in [1.165, 1.54) is 0 Å². The molecule has 0 aliphatic carbocycles. The summed E-state index contributed by atoms with van der Waals surface area (Å²) in [7, 11) is 0. The van der Waals surface area contributed by atoms with Gasteiger partial charge < -0.3 is 5.11 Å². The maximum atomic E-state index is 13.2. The van der Waals surface area contributed by atoms with E-state index in [1.807, 2.05) is 0 Å². The Morgan fingerprint density at radius 2 is 1.88 bits per heavy atom. The summed E-state index contributed by atoms with van der Waals surface area (Å²) >= 11 is 0. The predicted octanol–water partition coefficient (Wildman–Crippen LogP) is 2.94. The first-order valence-electron chi connectivity index (χ1n) is 4.03. The van der Waals surface area contributed by atoms with Gasteiger partial charge in [0.05, 0.1) is 11.1 Å². The van der Waals surface area contributed by atoms with Crippen LogP contribution in [-0.2, 0) is 11.0 Å². The van der Waals surface area contributed by atoms with Crippen molar-refractivity contribution in [2.24, 2.45) is 0 Å². The first-order valence-corrected chi connectivity index (χ1v) is 4.03. The summed E-state index contributed by atoms with van der Waals surface area (Å²) < 4.78 is 49.6. The summed E-state index contributed by atoms with van der Waals surface area (Å²) in [5.41, 5.74) is -2.22. The molecule has 0 spiro atoms. The molecule has 0 fully saturated rings. The SMILES string of the molecule is C=C(C(=O)O)c1ccc(C(F)(F)F)cc1F. The fraction of sp³-hybridized carbons (Fsp3) is 0.100. The Kier molecular flexibility index (Phi) is 3.02. The average molecular weight is 234 g/mol. The highest BCUT2D eigenvalue weighted by Gasteiger charge is 2.31. The van der Waals surface area contributed by atoms with Crippen molar-refractivity contribution in [1.29, 1.82) is 0 Å². The van der Waals surface area contributed by atoms with E-state index >= 15 is 0 Å². The van der Waals surface area contributed by atoms with Gasteiger partial charge in [-0.2, -0.15) is 13.2 Å². The molecule has 1 aromatic rings. The number of rotatable bonds is 2. The lowest BCUT2D eigenvalue weighted by Crippen LogP contribution is -2.07. The van der Waals surface area contributed by atoms with Gasteiger partial charge in [0.25, 0.3) is 0 Å². The van der Waals surface area contributed by atoms with Crippen LogP contribution in [-0.4, -0.2) is 11.1 Å². The molecule has 16 heavy (non-hydrogen) atoms. The number of carboxylic acids is 1. The number of alkyl halides is 3. The van der Waals surface area contributed by atoms with Crippen LogP contribution in [0.3, 0.4) is 0 Å². The van der Waals surface area contributed by atoms with Gasteiger partial charge in [0.15, 0.2) is 0 Å². The second-order valence-electron chi connectivity index (χ2n) is 2.98. The molecule has 0 aliphatic heterocycles. The van der Waals surface area contributed by atoms with Crippen molar-refractivity contribution in [3.05, 3.63) is 41.7 Å². The van der Waals surface area contributed by atoms with Crippen LogP contribution >= 0.6 is 0 Å². The Bertz CT molecular complexity index is 449. The molecular formula is C10H6F4O2. The van der Waals surface area contributed by atoms with Crippen molar-refractivity contribution in [1.82, 2.24) is 0 Å². The maximum absolute atomic E-state index is 13.2. The molecule has 0 heterocycles. The summed E-state index contributed by atoms with van der Waals surface area (Å²) in [4.78, 5) is 10.4. The van der Waals surface area contributed by atoms with Gasteiger partial charge in [-0.25, -0.2) is 9.18 Å². The van der Waals surface area contributed by atoms with Crippen LogP contribution in [0.4, 0.5) is 17.6 Å². The number of benzene rings is 1. The standard InChI is InChI=1S/C10H6F4O2/c1-5(9(15)16)7-3-2-6(4-8(7)11)10(12,13)14/h2-4H,1H2,(H,15,16). The Balaban J connectivity index is 3.20. The summed E-state index contributed by atoms with van der Waals surface area (Å²) in [6.45, 7) is 3.06. The second-order valence-corrected chi connectivity index (χ2v) is 2.98. The van der Waals surface area contributed by atoms with Crippen LogP contribution in [0.2, 0.25) is 0 Å². The van der Waals surface area contributed by atoms with Gasteiger partial charge in [-0.15, -0.1) is 0 Å². The Morgan fingerprint density at radius 1 is 1.31 bits per heavy atom. The number of hydrogen-bond acceptors (Lipinski definition) is 1. The van der Waals surface area contributed by atoms with Crippen molar-refractivity contribution in [3.63, 3.8) is 0 Å². The fourth-order valence-electron chi connectivity index (χ4n) is 1.05. The van der Waals surface area contributed by atoms with Gasteiger partial charge in [-0.3, -0.25) is 0 Å². The van der Waals surface area contributed by atoms with E-state index in [9.17, 15) is 22.4 Å². The second kappa shape index (κ2) is 3.96. The number of carbonyl (C=O) groups is 1. The van der Waals surface area contributed by atoms with E-state index in [1.54, 1.807) is 0 Å². The largest absolute Gasteiger partial charge is 0.478 e. The number of aliphatic carboxylic acids is 1. The molecule has 0 radical (unpaired) electrons. The Hall–Kier alpha value is -1.85. The lowest BCUT2D eigenvalue weighted by molar-refractivity contribution is -0.137. The number of halogens is 4. The van der Waals surface area contributed by atoms with E-state index in [4.69, 9.17) is 5.11 Å². The van der Waals surface area contributed by atoms with E-state index in [0.717, 1.165) is 6.07 Å². The smallest absolute Gasteiger partial charge is 0.416 e. The minimum absolute atomic E-state index is 0.240. The molecular weight excluding hydrogens is 228 g/mol. The van der Waals surface area contributed by atoms with Crippen molar-refractivity contribution >= 4 is 11.5 Å². The van der Waals surface area contributed by atoms with Gasteiger partial charge in [0.1, 0.15) is 5.82 Å². The highest BCUT2D eigenvalue weighted by molar-refractivity contribution is 6.14. The molecule has 0 unspecified atom stereocenters. The molecule has 0 saturated carbocycles. The van der Waals surface area contributed by atoms with E-state index in [2.05, 4.69) is 6.58 Å². The zero-order chi connectivity index (χ0) is 12.5. The fourth-order valence-corrected chi connectivity index (χ4v) is 1.05. The molecule has 6 heteroatoms. The van der Waals surface area contributed by atoms with Crippen LogP contribution in [0.1, 0.15) is 11.1 Å². The topological polar surface area (TPSA) is 37.3 Å². The highest BCUT2D eigenvalue weighted by Crippen LogP contribution is 2.31. The molecule has 0 saturated heterocycles. The zero-order valence-electron chi connectivity index (χ0n) is 7.81. The van der Waals surface area contributed by atoms with E-state index in [0.29, 0.717) is 6.07 Å². The predicted molar refractivity (Wildman–Crippen MR) is 48.1 cm³/mol. The lowest BCUT2D eigenvalue weighted by atomic mass is 10.0. The van der Waals surface area contributed by atoms with Crippen LogP contribution in [0.15, 0.2) is 24.8 Å². The average Bonchev–Trinajstić information content (AvgIpc) is 2.15. The monoisotopic (exact) mass is 234 g/mol. The third kappa shape index (κ3) is 2.39. The van der Waals surface area contributed by atoms with E-state index in [-0.39, 0.29) is 6.07 Å². The Labute approximate surface area is 87.8 Å². The number of hydrogen-bond donors (Lipinski definition) is 1. The molecule has 1 N–H and O–H groups in total. The molecule has 1 aromatic carbocycles. The van der Waals surface area contributed by atoms with Gasteiger partial charge in [0.2, 0.25) is 0 Å². The molecule has 2 nitrogen and oxygen atoms in total. The summed E-state index contributed by atoms with van der Waals surface area (Å²) in [6.07, 6.45) is -4.66. The summed E-state index contributed by atoms with van der Waals surface area (Å²) in [5.74, 6) is -2.75. The third-order valence-corrected chi connectivity index (χ3v) is 1.88. The normalized spacial score (nSPS) is 11.2. The zero-order valence-corrected chi connectivity index (χ0v) is 7.81. The van der Waals surface area contributed by atoms with Crippen molar-refractivity contribution in [2.45, 2.75) is 6.18 Å². The third-order valence-electron chi connectivity index (χ3n) is 1.88. The maximum Gasteiger partial charge on any atom is 0.416 e. The lowest BCUT2D eigenvalue weighted by Gasteiger charge is -2.08.